The van der Waals surface area contributed by atoms with Gasteiger partial charge in [-0.1, -0.05) is 44.2 Å². The number of methoxy groups -OCH3 is 2. The molecule has 0 saturated carbocycles. The first-order valence-corrected chi connectivity index (χ1v) is 15.6. The molecule has 43 heavy (non-hydrogen) atoms. The van der Waals surface area contributed by atoms with Crippen LogP contribution in [0.5, 0.6) is 5.75 Å². The summed E-state index contributed by atoms with van der Waals surface area (Å²) in [4.78, 5) is 26.3. The summed E-state index contributed by atoms with van der Waals surface area (Å²) in [5.41, 5.74) is 3.41. The monoisotopic (exact) mass is 616 g/mol. The highest BCUT2D eigenvalue weighted by molar-refractivity contribution is 7.89. The van der Waals surface area contributed by atoms with E-state index >= 15 is 0 Å². The van der Waals surface area contributed by atoms with E-state index in [0.29, 0.717) is 18.9 Å². The summed E-state index contributed by atoms with van der Waals surface area (Å²) in [6.07, 6.45) is 4.20. The van der Waals surface area contributed by atoms with Gasteiger partial charge < -0.3 is 19.9 Å². The van der Waals surface area contributed by atoms with E-state index < -0.39 is 34.0 Å². The molecule has 2 atom stereocenters. The largest absolute Gasteiger partial charge is 0.497 e. The maximum atomic E-state index is 13.8. The van der Waals surface area contributed by atoms with Crippen LogP contribution in [0.3, 0.4) is 0 Å². The third-order valence-corrected chi connectivity index (χ3v) is 8.33. The van der Waals surface area contributed by atoms with Gasteiger partial charge in [-0.05, 0) is 42.2 Å². The number of sulfonamides is 1. The zero-order valence-electron chi connectivity index (χ0n) is 25.4. The molecule has 2 aromatic carbocycles. The molecule has 0 radical (unpaired) electrons. The van der Waals surface area contributed by atoms with Crippen molar-refractivity contribution in [3.8, 4) is 18.1 Å². The zero-order valence-corrected chi connectivity index (χ0v) is 26.2. The molecule has 0 unspecified atom stereocenters. The molecule has 2 rings (SSSR count). The van der Waals surface area contributed by atoms with Gasteiger partial charge in [-0.25, -0.2) is 13.4 Å². The average Bonchev–Trinajstić information content (AvgIpc) is 2.99. The molecule has 0 aliphatic rings. The van der Waals surface area contributed by atoms with Gasteiger partial charge in [-0.15, -0.1) is 12.3 Å². The first-order chi connectivity index (χ1) is 20.5. The third-order valence-electron chi connectivity index (χ3n) is 6.49. The molecule has 0 fully saturated rings. The Morgan fingerprint density at radius 3 is 2.30 bits per heavy atom. The Kier molecular flexibility index (Phi) is 15.2. The molecular weight excluding hydrogens is 572 g/mol. The number of nitrogens with zero attached hydrogens (tertiary/aromatic N) is 2. The molecule has 2 amide bonds. The van der Waals surface area contributed by atoms with Crippen LogP contribution in [-0.4, -0.2) is 93.8 Å². The summed E-state index contributed by atoms with van der Waals surface area (Å²) in [7, 11) is -1.01. The van der Waals surface area contributed by atoms with Gasteiger partial charge in [-0.3, -0.25) is 15.0 Å². The number of benzene rings is 2. The second-order valence-electron chi connectivity index (χ2n) is 10.4. The highest BCUT2D eigenvalue weighted by Crippen LogP contribution is 2.23. The first-order valence-electron chi connectivity index (χ1n) is 14.1. The van der Waals surface area contributed by atoms with Crippen LogP contribution < -0.4 is 15.5 Å². The van der Waals surface area contributed by atoms with E-state index in [9.17, 15) is 23.1 Å². The molecule has 0 aliphatic carbocycles. The maximum Gasteiger partial charge on any atom is 0.252 e. The highest BCUT2D eigenvalue weighted by atomic mass is 32.2. The van der Waals surface area contributed by atoms with Crippen molar-refractivity contribution in [1.82, 2.24) is 20.1 Å². The zero-order chi connectivity index (χ0) is 31.8. The Hall–Kier alpha value is -3.47. The Morgan fingerprint density at radius 2 is 1.72 bits per heavy atom. The van der Waals surface area contributed by atoms with Gasteiger partial charge in [0.15, 0.2) is 0 Å². The molecule has 12 heteroatoms. The van der Waals surface area contributed by atoms with Crippen LogP contribution >= 0.6 is 0 Å². The molecule has 0 saturated heterocycles. The number of ether oxygens (including phenoxy) is 2. The van der Waals surface area contributed by atoms with Gasteiger partial charge in [0, 0.05) is 39.6 Å². The molecule has 0 aliphatic heterocycles. The number of terminal acetylenes is 1. The minimum Gasteiger partial charge on any atom is -0.497 e. The summed E-state index contributed by atoms with van der Waals surface area (Å²) < 4.78 is 38.9. The van der Waals surface area contributed by atoms with Crippen LogP contribution in [0.1, 0.15) is 32.3 Å². The lowest BCUT2D eigenvalue weighted by Gasteiger charge is -2.37. The van der Waals surface area contributed by atoms with E-state index in [1.165, 1.54) is 23.5 Å². The number of carbonyl (C=O) groups excluding carboxylic acids is 2. The summed E-state index contributed by atoms with van der Waals surface area (Å²) in [6, 6.07) is 14.1. The standard InChI is InChI=1S/C31H44N4O7S/c1-6-7-13-31(38)35(33-30(37)21-32-18-19-41-4)28(20-25-11-9-8-10-12-25)29(36)23-34(22-24(2)3)43(39,40)27-16-14-26(42-5)15-17-27/h1,8-12,14-17,24,28-29,32,36H,7,13,18-23H2,2-5H3,(H,33,37)/t28-,29+/m0/s1. The minimum atomic E-state index is -4.04. The van der Waals surface area contributed by atoms with E-state index in [0.717, 1.165) is 10.6 Å². The molecule has 11 nitrogen and oxygen atoms in total. The van der Waals surface area contributed by atoms with Crippen molar-refractivity contribution in [2.24, 2.45) is 5.92 Å². The van der Waals surface area contributed by atoms with Crippen molar-refractivity contribution in [1.29, 1.82) is 0 Å². The van der Waals surface area contributed by atoms with E-state index in [1.54, 1.807) is 19.2 Å². The number of hydrogen-bond acceptors (Lipinski definition) is 8. The lowest BCUT2D eigenvalue weighted by molar-refractivity contribution is -0.147. The summed E-state index contributed by atoms with van der Waals surface area (Å²) in [5, 5.41) is 15.7. The molecule has 0 spiro atoms. The summed E-state index contributed by atoms with van der Waals surface area (Å²) >= 11 is 0. The van der Waals surface area contributed by atoms with Gasteiger partial charge in [0.05, 0.1) is 37.3 Å². The minimum absolute atomic E-state index is 0.0400. The summed E-state index contributed by atoms with van der Waals surface area (Å²) in [6.45, 7) is 4.23. The van der Waals surface area contributed by atoms with E-state index in [1.807, 2.05) is 44.2 Å². The van der Waals surface area contributed by atoms with Gasteiger partial charge in [-0.2, -0.15) is 4.31 Å². The maximum absolute atomic E-state index is 13.8. The fourth-order valence-corrected chi connectivity index (χ4v) is 5.96. The smallest absolute Gasteiger partial charge is 0.252 e. The molecule has 0 aromatic heterocycles. The number of rotatable bonds is 18. The van der Waals surface area contributed by atoms with E-state index in [4.69, 9.17) is 15.9 Å². The van der Waals surface area contributed by atoms with Crippen LogP contribution in [0.15, 0.2) is 59.5 Å². The lowest BCUT2D eigenvalue weighted by atomic mass is 9.99. The Morgan fingerprint density at radius 1 is 1.05 bits per heavy atom. The van der Waals surface area contributed by atoms with Crippen LogP contribution in [0.2, 0.25) is 0 Å². The molecule has 0 bridgehead atoms. The lowest BCUT2D eigenvalue weighted by Crippen LogP contribution is -2.60. The second kappa shape index (κ2) is 18.3. The van der Waals surface area contributed by atoms with Crippen LogP contribution in [0, 0.1) is 18.3 Å². The number of hydrazine groups is 1. The number of hydrogen-bond donors (Lipinski definition) is 3. The van der Waals surface area contributed by atoms with Gasteiger partial charge in [0.25, 0.3) is 5.91 Å². The predicted octanol–water partition coefficient (Wildman–Crippen LogP) is 1.82. The highest BCUT2D eigenvalue weighted by Gasteiger charge is 2.35. The van der Waals surface area contributed by atoms with Crippen LogP contribution in [0.25, 0.3) is 0 Å². The van der Waals surface area contributed by atoms with E-state index in [-0.39, 0.29) is 49.7 Å². The normalized spacial score (nSPS) is 12.9. The summed E-state index contributed by atoms with van der Waals surface area (Å²) in [5.74, 6) is 1.85. The van der Waals surface area contributed by atoms with Crippen molar-refractivity contribution in [2.45, 2.75) is 50.2 Å². The number of aliphatic hydroxyl groups is 1. The van der Waals surface area contributed by atoms with Crippen LogP contribution in [-0.2, 0) is 30.8 Å². The third kappa shape index (κ3) is 11.6. The molecule has 0 heterocycles. The fourth-order valence-electron chi connectivity index (χ4n) is 4.34. The number of aliphatic hydroxyl groups excluding tert-OH is 1. The topological polar surface area (TPSA) is 138 Å². The average molecular weight is 617 g/mol. The van der Waals surface area contributed by atoms with E-state index in [2.05, 4.69) is 16.7 Å². The molecule has 2 aromatic rings. The molecular formula is C31H44N4O7S. The van der Waals surface area contributed by atoms with Crippen molar-refractivity contribution >= 4 is 21.8 Å². The number of carbonyl (C=O) groups is 2. The molecule has 3 N–H and O–H groups in total. The molecule has 236 valence electrons. The predicted molar refractivity (Wildman–Crippen MR) is 164 cm³/mol. The first kappa shape index (κ1) is 35.7. The van der Waals surface area contributed by atoms with Gasteiger partial charge >= 0.3 is 0 Å². The van der Waals surface area contributed by atoms with Crippen molar-refractivity contribution in [3.05, 3.63) is 60.2 Å². The Balaban J connectivity index is 2.46. The van der Waals surface area contributed by atoms with Crippen molar-refractivity contribution < 1.29 is 32.6 Å². The van der Waals surface area contributed by atoms with Crippen LogP contribution in [0.4, 0.5) is 0 Å². The Bertz CT molecular complexity index is 1280. The Labute approximate surface area is 255 Å². The second-order valence-corrected chi connectivity index (χ2v) is 12.3. The quantitative estimate of drug-likeness (QED) is 0.131. The van der Waals surface area contributed by atoms with Gasteiger partial charge in [0.2, 0.25) is 15.9 Å². The SMILES string of the molecule is C#CCCC(=O)N(NC(=O)CNCCOC)[C@@H](Cc1ccccc1)[C@H](O)CN(CC(C)C)S(=O)(=O)c1ccc(OC)cc1. The van der Waals surface area contributed by atoms with Crippen molar-refractivity contribution in [2.75, 3.05) is 47.0 Å². The fraction of sp³-hybridized carbons (Fsp3) is 0.484. The van der Waals surface area contributed by atoms with Gasteiger partial charge in [0.1, 0.15) is 5.75 Å². The number of nitrogens with one attached hydrogen (secondary N) is 2. The number of amides is 2. The van der Waals surface area contributed by atoms with Crippen molar-refractivity contribution in [3.63, 3.8) is 0 Å².